The Balaban J connectivity index is 4.20. The number of aliphatic hydroxyl groups excluding tert-OH is 6. The van der Waals surface area contributed by atoms with E-state index in [1.807, 2.05) is 0 Å². The number of unbranched alkanes of at least 4 members (excludes halogenated alkanes) is 1. The number of ether oxygens (including phenoxy) is 1. The van der Waals surface area contributed by atoms with Crippen molar-refractivity contribution < 1.29 is 50.1 Å². The first-order chi connectivity index (χ1) is 10.2. The maximum atomic E-state index is 11.3. The van der Waals surface area contributed by atoms with Crippen molar-refractivity contribution in [2.45, 2.75) is 56.4 Å². The van der Waals surface area contributed by atoms with E-state index < -0.39 is 49.3 Å². The van der Waals surface area contributed by atoms with Crippen LogP contribution in [0, 0.1) is 0 Å². The molecule has 22 heavy (non-hydrogen) atoms. The topological polar surface area (TPSA) is 185 Å². The predicted octanol–water partition coefficient (Wildman–Crippen LogP) is -3.07. The molecule has 0 spiro atoms. The van der Waals surface area contributed by atoms with Crippen molar-refractivity contribution in [3.05, 3.63) is 0 Å². The van der Waals surface area contributed by atoms with Gasteiger partial charge in [0.1, 0.15) is 24.4 Å². The third-order valence-corrected chi connectivity index (χ3v) is 2.85. The first kappa shape index (κ1) is 20.7. The average Bonchev–Trinajstić information content (AvgIpc) is 2.48. The molecule has 1 unspecified atom stereocenters. The Hall–Kier alpha value is -1.30. The zero-order valence-electron chi connectivity index (χ0n) is 11.8. The van der Waals surface area contributed by atoms with E-state index in [0.717, 1.165) is 0 Å². The second kappa shape index (κ2) is 10.4. The fourth-order valence-electron chi connectivity index (χ4n) is 1.52. The van der Waals surface area contributed by atoms with Crippen molar-refractivity contribution in [2.24, 2.45) is 0 Å². The quantitative estimate of drug-likeness (QED) is 0.117. The molecule has 0 rings (SSSR count). The summed E-state index contributed by atoms with van der Waals surface area (Å²) in [5.41, 5.74) is 0. The van der Waals surface area contributed by atoms with Gasteiger partial charge in [0.25, 0.3) is 0 Å². The average molecular weight is 326 g/mol. The van der Waals surface area contributed by atoms with Gasteiger partial charge in [-0.05, 0) is 12.8 Å². The van der Waals surface area contributed by atoms with Crippen LogP contribution in [-0.2, 0) is 14.3 Å². The lowest BCUT2D eigenvalue weighted by Gasteiger charge is -2.28. The molecule has 5 atom stereocenters. The number of carboxylic acids is 1. The number of carbonyl (C=O) groups is 2. The maximum absolute atomic E-state index is 11.3. The fourth-order valence-corrected chi connectivity index (χ4v) is 1.52. The molecule has 0 aliphatic carbocycles. The summed E-state index contributed by atoms with van der Waals surface area (Å²) in [5, 5.41) is 63.8. The lowest BCUT2D eigenvalue weighted by atomic mass is 10.0. The molecule has 0 aliphatic rings. The Morgan fingerprint density at radius 2 is 1.41 bits per heavy atom. The molecule has 0 saturated carbocycles. The van der Waals surface area contributed by atoms with E-state index in [0.29, 0.717) is 0 Å². The van der Waals surface area contributed by atoms with Crippen LogP contribution in [0.15, 0.2) is 0 Å². The van der Waals surface area contributed by atoms with Gasteiger partial charge in [-0.15, -0.1) is 0 Å². The molecular weight excluding hydrogens is 304 g/mol. The maximum Gasteiger partial charge on any atom is 0.308 e. The molecule has 0 heterocycles. The number of aliphatic carboxylic acids is 1. The van der Waals surface area contributed by atoms with Crippen LogP contribution >= 0.6 is 0 Å². The third kappa shape index (κ3) is 7.64. The number of rotatable bonds is 11. The lowest BCUT2D eigenvalue weighted by molar-refractivity contribution is -0.213. The minimum Gasteiger partial charge on any atom is -0.481 e. The zero-order valence-corrected chi connectivity index (χ0v) is 11.8. The summed E-state index contributed by atoms with van der Waals surface area (Å²) in [5.74, 6) is -1.94. The van der Waals surface area contributed by atoms with E-state index in [2.05, 4.69) is 4.74 Å². The van der Waals surface area contributed by atoms with Crippen LogP contribution in [0.25, 0.3) is 0 Å². The molecule has 0 radical (unpaired) electrons. The number of carbonyl (C=O) groups excluding carboxylic acids is 1. The van der Waals surface area contributed by atoms with Gasteiger partial charge in [-0.1, -0.05) is 0 Å². The summed E-state index contributed by atoms with van der Waals surface area (Å²) in [6.07, 6.45) is -9.90. The molecule has 10 heteroatoms. The molecule has 0 aromatic rings. The van der Waals surface area contributed by atoms with Crippen molar-refractivity contribution in [1.29, 1.82) is 0 Å². The van der Waals surface area contributed by atoms with Gasteiger partial charge in [0, 0.05) is 12.8 Å². The Kier molecular flexibility index (Phi) is 9.81. The first-order valence-corrected chi connectivity index (χ1v) is 6.63. The highest BCUT2D eigenvalue weighted by Crippen LogP contribution is 2.11. The van der Waals surface area contributed by atoms with Crippen LogP contribution in [0.3, 0.4) is 0 Å². The van der Waals surface area contributed by atoms with E-state index in [1.165, 1.54) is 0 Å². The zero-order chi connectivity index (χ0) is 17.3. The van der Waals surface area contributed by atoms with Crippen LogP contribution in [0.4, 0.5) is 0 Å². The predicted molar refractivity (Wildman–Crippen MR) is 69.3 cm³/mol. The Morgan fingerprint density at radius 1 is 0.864 bits per heavy atom. The highest BCUT2D eigenvalue weighted by molar-refractivity contribution is 5.69. The van der Waals surface area contributed by atoms with Gasteiger partial charge in [0.15, 0.2) is 0 Å². The molecule has 0 fully saturated rings. The van der Waals surface area contributed by atoms with Gasteiger partial charge in [-0.25, -0.2) is 0 Å². The minimum absolute atomic E-state index is 0.123. The number of esters is 1. The normalized spacial score (nSPS) is 18.1. The summed E-state index contributed by atoms with van der Waals surface area (Å²) in [4.78, 5) is 21.6. The van der Waals surface area contributed by atoms with Crippen molar-refractivity contribution >= 4 is 11.9 Å². The summed E-state index contributed by atoms with van der Waals surface area (Å²) in [6, 6.07) is 0. The molecule has 10 nitrogen and oxygen atoms in total. The smallest absolute Gasteiger partial charge is 0.308 e. The summed E-state index contributed by atoms with van der Waals surface area (Å²) in [6.45, 7) is -0.885. The minimum atomic E-state index is -2.15. The monoisotopic (exact) mass is 326 g/mol. The number of aliphatic hydroxyl groups is 6. The Bertz CT molecular complexity index is 347. The third-order valence-electron chi connectivity index (χ3n) is 2.85. The van der Waals surface area contributed by atoms with Crippen LogP contribution in [0.5, 0.6) is 0 Å². The van der Waals surface area contributed by atoms with Crippen LogP contribution in [0.1, 0.15) is 25.7 Å². The van der Waals surface area contributed by atoms with E-state index >= 15 is 0 Å². The van der Waals surface area contributed by atoms with E-state index in [1.54, 1.807) is 0 Å². The number of hydrogen-bond acceptors (Lipinski definition) is 9. The summed E-state index contributed by atoms with van der Waals surface area (Å²) in [7, 11) is 0. The summed E-state index contributed by atoms with van der Waals surface area (Å²) >= 11 is 0. The highest BCUT2D eigenvalue weighted by Gasteiger charge is 2.35. The van der Waals surface area contributed by atoms with Gasteiger partial charge in [-0.3, -0.25) is 9.59 Å². The van der Waals surface area contributed by atoms with Crippen molar-refractivity contribution in [2.75, 3.05) is 6.61 Å². The second-order valence-electron chi connectivity index (χ2n) is 4.70. The van der Waals surface area contributed by atoms with Crippen molar-refractivity contribution in [1.82, 2.24) is 0 Å². The van der Waals surface area contributed by atoms with E-state index in [-0.39, 0.29) is 25.7 Å². The van der Waals surface area contributed by atoms with Crippen LogP contribution in [0.2, 0.25) is 0 Å². The molecule has 0 aromatic heterocycles. The van der Waals surface area contributed by atoms with Crippen molar-refractivity contribution in [3.63, 3.8) is 0 Å². The fraction of sp³-hybridized carbons (Fsp3) is 0.833. The number of hydrogen-bond donors (Lipinski definition) is 7. The largest absolute Gasteiger partial charge is 0.481 e. The molecular formula is C12H22O10. The Morgan fingerprint density at radius 3 is 1.91 bits per heavy atom. The van der Waals surface area contributed by atoms with E-state index in [4.69, 9.17) is 15.3 Å². The standard InChI is InChI=1S/C12H22O10/c13-5-6(14)9(18)10(19)11(20)12(21)22-8(17)4-2-1-3-7(15)16/h6,9-14,18-21H,1-5H2,(H,15,16)/t6-,9-,10+,11-,12?/m1/s1. The summed E-state index contributed by atoms with van der Waals surface area (Å²) < 4.78 is 4.41. The van der Waals surface area contributed by atoms with Crippen LogP contribution in [-0.4, -0.2) is 85.0 Å². The molecule has 0 aliphatic heterocycles. The molecule has 0 amide bonds. The van der Waals surface area contributed by atoms with Gasteiger partial charge in [0.2, 0.25) is 6.29 Å². The molecule has 130 valence electrons. The molecule has 0 bridgehead atoms. The van der Waals surface area contributed by atoms with Crippen LogP contribution < -0.4 is 0 Å². The Labute approximate surface area is 126 Å². The van der Waals surface area contributed by atoms with Gasteiger partial charge in [0.05, 0.1) is 6.61 Å². The molecule has 0 aromatic carbocycles. The van der Waals surface area contributed by atoms with Gasteiger partial charge >= 0.3 is 11.9 Å². The highest BCUT2D eigenvalue weighted by atomic mass is 16.6. The second-order valence-corrected chi connectivity index (χ2v) is 4.70. The molecule has 7 N–H and O–H groups in total. The van der Waals surface area contributed by atoms with Gasteiger partial charge in [-0.2, -0.15) is 0 Å². The molecule has 0 saturated heterocycles. The van der Waals surface area contributed by atoms with Gasteiger partial charge < -0.3 is 40.5 Å². The number of carboxylic acid groups (broad SMARTS) is 1. The lowest BCUT2D eigenvalue weighted by Crippen LogP contribution is -2.50. The first-order valence-electron chi connectivity index (χ1n) is 6.63. The SMILES string of the molecule is O=C(O)CCCCC(=O)OC(O)[C@H](O)[C@@H](O)[C@H](O)[C@H](O)CO. The van der Waals surface area contributed by atoms with E-state index in [9.17, 15) is 30.0 Å². The van der Waals surface area contributed by atoms with Crippen molar-refractivity contribution in [3.8, 4) is 0 Å².